The minimum Gasteiger partial charge on any atom is -0.504 e. The molecular weight excluding hydrogens is 1090 g/mol. The second-order valence-corrected chi connectivity index (χ2v) is 25.1. The van der Waals surface area contributed by atoms with Gasteiger partial charge in [0.25, 0.3) is 0 Å². The lowest BCUT2D eigenvalue weighted by molar-refractivity contribution is -0.135. The average Bonchev–Trinajstić information content (AvgIpc) is 0.741. The van der Waals surface area contributed by atoms with E-state index in [2.05, 4.69) is 34.6 Å². The van der Waals surface area contributed by atoms with Crippen molar-refractivity contribution in [2.45, 2.75) is 356 Å². The zero-order valence-electron chi connectivity index (χ0n) is 55.6. The quantitative estimate of drug-likeness (QED) is 0.0180. The van der Waals surface area contributed by atoms with Gasteiger partial charge in [-0.25, -0.2) is 0 Å². The van der Waals surface area contributed by atoms with E-state index >= 15 is 14.4 Å². The van der Waals surface area contributed by atoms with Crippen molar-refractivity contribution in [1.82, 2.24) is 0 Å². The molecule has 0 aliphatic carbocycles. The largest absolute Gasteiger partial charge is 0.504 e. The van der Waals surface area contributed by atoms with Gasteiger partial charge in [0.1, 0.15) is 16.5 Å². The van der Waals surface area contributed by atoms with Crippen LogP contribution in [0.5, 0.6) is 28.7 Å². The van der Waals surface area contributed by atoms with Gasteiger partial charge in [0, 0.05) is 37.7 Å². The van der Waals surface area contributed by atoms with Crippen LogP contribution in [-0.2, 0) is 14.4 Å². The van der Waals surface area contributed by atoms with Gasteiger partial charge >= 0.3 is 17.9 Å². The summed E-state index contributed by atoms with van der Waals surface area (Å²) < 4.78 is 25.5. The molecule has 87 heavy (non-hydrogen) atoms. The van der Waals surface area contributed by atoms with Crippen LogP contribution in [0, 0.1) is 0 Å². The SMILES string of the molecule is CCCCCCCCCCCC(=O)Oc1c(C(=O)CCCCCCCCCCC)c(OC(=O)CCCCCCCCCCC)c2c(=O)c(OC(=O)CCCCCCCCCCC)c(-c3ccc(O)c(O)c3)oc2c1C(=O)CCCCCCCCCCC. The minimum atomic E-state index is -0.994. The fraction of sp³-hybridized carbons (Fsp3) is 0.733. The van der Waals surface area contributed by atoms with Gasteiger partial charge in [-0.1, -0.05) is 291 Å². The highest BCUT2D eigenvalue weighted by Gasteiger charge is 2.37. The van der Waals surface area contributed by atoms with Gasteiger partial charge in [0.15, 0.2) is 45.9 Å². The van der Waals surface area contributed by atoms with E-state index in [1.807, 2.05) is 0 Å². The van der Waals surface area contributed by atoms with Crippen molar-refractivity contribution in [3.05, 3.63) is 39.5 Å². The van der Waals surface area contributed by atoms with E-state index in [0.29, 0.717) is 32.1 Å². The molecule has 1 aromatic heterocycles. The van der Waals surface area contributed by atoms with Gasteiger partial charge in [-0.2, -0.15) is 0 Å². The van der Waals surface area contributed by atoms with E-state index in [1.165, 1.54) is 108 Å². The van der Waals surface area contributed by atoms with Crippen LogP contribution in [0.3, 0.4) is 0 Å². The summed E-state index contributed by atoms with van der Waals surface area (Å²) in [7, 11) is 0. The number of aromatic hydroxyl groups is 2. The Morgan fingerprint density at radius 2 is 0.632 bits per heavy atom. The molecule has 0 amide bonds. The molecule has 0 atom stereocenters. The number of fused-ring (bicyclic) bond motifs is 1. The molecule has 0 aliphatic heterocycles. The first-order chi connectivity index (χ1) is 42.4. The summed E-state index contributed by atoms with van der Waals surface area (Å²) in [5, 5.41) is 20.9. The summed E-state index contributed by atoms with van der Waals surface area (Å²) in [5.41, 5.74) is -2.04. The van der Waals surface area contributed by atoms with Crippen molar-refractivity contribution >= 4 is 40.4 Å². The van der Waals surface area contributed by atoms with E-state index in [9.17, 15) is 24.6 Å². The number of carbonyl (C=O) groups excluding carboxylic acids is 5. The first-order valence-corrected chi connectivity index (χ1v) is 35.8. The maximum atomic E-state index is 15.8. The van der Waals surface area contributed by atoms with Crippen molar-refractivity contribution in [3.8, 4) is 40.1 Å². The Kier molecular flexibility index (Phi) is 42.8. The van der Waals surface area contributed by atoms with Crippen LogP contribution in [0.25, 0.3) is 22.3 Å². The topological polar surface area (TPSA) is 184 Å². The number of benzene rings is 2. The molecule has 0 saturated carbocycles. The Hall–Kier alpha value is -5.00. The number of hydrogen-bond donors (Lipinski definition) is 2. The Morgan fingerprint density at radius 1 is 0.345 bits per heavy atom. The Morgan fingerprint density at radius 3 is 0.966 bits per heavy atom. The first-order valence-electron chi connectivity index (χ1n) is 35.8. The second-order valence-electron chi connectivity index (χ2n) is 25.1. The summed E-state index contributed by atoms with van der Waals surface area (Å²) in [6.07, 6.45) is 44.8. The molecule has 0 bridgehead atoms. The predicted molar refractivity (Wildman–Crippen MR) is 356 cm³/mol. The normalized spacial score (nSPS) is 11.4. The number of rotatable bonds is 56. The van der Waals surface area contributed by atoms with Crippen molar-refractivity contribution < 1.29 is 52.8 Å². The molecule has 3 rings (SSSR count). The fourth-order valence-electron chi connectivity index (χ4n) is 11.7. The maximum Gasteiger partial charge on any atom is 0.311 e. The number of phenolic OH excluding ortho intramolecular Hbond substituents is 2. The summed E-state index contributed by atoms with van der Waals surface area (Å²) in [4.78, 5) is 89.5. The van der Waals surface area contributed by atoms with Crippen LogP contribution in [0.15, 0.2) is 27.4 Å². The van der Waals surface area contributed by atoms with Crippen LogP contribution in [-0.4, -0.2) is 39.7 Å². The molecule has 3 aromatic rings. The number of ether oxygens (including phenoxy) is 3. The maximum absolute atomic E-state index is 15.8. The van der Waals surface area contributed by atoms with Crippen LogP contribution in [0.1, 0.15) is 376 Å². The molecule has 0 unspecified atom stereocenters. The van der Waals surface area contributed by atoms with Gasteiger partial charge in [-0.3, -0.25) is 28.8 Å². The Bertz CT molecular complexity index is 2450. The molecule has 0 spiro atoms. The van der Waals surface area contributed by atoms with Crippen molar-refractivity contribution in [2.24, 2.45) is 0 Å². The number of esters is 3. The van der Waals surface area contributed by atoms with E-state index in [0.717, 1.165) is 167 Å². The lowest BCUT2D eigenvalue weighted by Crippen LogP contribution is -2.22. The van der Waals surface area contributed by atoms with Crippen molar-refractivity contribution in [3.63, 3.8) is 0 Å². The fourth-order valence-corrected chi connectivity index (χ4v) is 11.7. The molecule has 2 N–H and O–H groups in total. The third-order valence-electron chi connectivity index (χ3n) is 17.1. The highest BCUT2D eigenvalue weighted by molar-refractivity contribution is 6.17. The summed E-state index contributed by atoms with van der Waals surface area (Å²) >= 11 is 0. The van der Waals surface area contributed by atoms with Gasteiger partial charge in [0.05, 0.1) is 0 Å². The van der Waals surface area contributed by atoms with E-state index in [4.69, 9.17) is 18.6 Å². The Balaban J connectivity index is 2.34. The standard InChI is InChI=1S/C75H120O12/c1-6-11-16-21-26-31-36-41-46-51-61(77)67-72(84-64(80)53-48-43-38-33-28-23-18-13-8-3)68(62(78)52-47-42-37-32-27-22-17-12-7-2)74-69(73(67)85-65(81)54-49-44-39-34-29-24-19-14-9-4)70(83)75(71(87-74)59-56-57-60(76)63(79)58-59)86-66(82)55-50-45-40-35-30-25-20-15-10-5/h56-58,76,79H,6-55H2,1-5H3. The number of carbonyl (C=O) groups is 5. The summed E-state index contributed by atoms with van der Waals surface area (Å²) in [5.74, 6) is -6.14. The molecule has 0 saturated heterocycles. The predicted octanol–water partition coefficient (Wildman–Crippen LogP) is 22.6. The van der Waals surface area contributed by atoms with Crippen LogP contribution >= 0.6 is 0 Å². The first kappa shape index (κ1) is 76.2. The molecular formula is C75H120O12. The Labute approximate surface area is 526 Å². The molecule has 12 heteroatoms. The molecule has 0 aliphatic rings. The second kappa shape index (κ2) is 48.9. The van der Waals surface area contributed by atoms with E-state index < -0.39 is 74.6 Å². The monoisotopic (exact) mass is 1210 g/mol. The molecule has 12 nitrogen and oxygen atoms in total. The number of hydrogen-bond acceptors (Lipinski definition) is 12. The van der Waals surface area contributed by atoms with Crippen molar-refractivity contribution in [1.29, 1.82) is 0 Å². The van der Waals surface area contributed by atoms with Crippen LogP contribution in [0.2, 0.25) is 0 Å². The molecule has 492 valence electrons. The minimum absolute atomic E-state index is 0.0186. The van der Waals surface area contributed by atoms with Crippen LogP contribution in [0.4, 0.5) is 0 Å². The van der Waals surface area contributed by atoms with Gasteiger partial charge in [-0.15, -0.1) is 0 Å². The third kappa shape index (κ3) is 31.3. The van der Waals surface area contributed by atoms with Gasteiger partial charge in [0.2, 0.25) is 11.2 Å². The number of unbranched alkanes of at least 4 members (excludes halogenated alkanes) is 40. The highest BCUT2D eigenvalue weighted by atomic mass is 16.6. The van der Waals surface area contributed by atoms with E-state index in [1.54, 1.807) is 0 Å². The molecule has 1 heterocycles. The molecule has 2 aromatic carbocycles. The molecule has 0 radical (unpaired) electrons. The van der Waals surface area contributed by atoms with E-state index in [-0.39, 0.29) is 54.6 Å². The third-order valence-corrected chi connectivity index (χ3v) is 17.1. The van der Waals surface area contributed by atoms with Crippen LogP contribution < -0.4 is 19.6 Å². The summed E-state index contributed by atoms with van der Waals surface area (Å²) in [6, 6.07) is 3.73. The zero-order valence-corrected chi connectivity index (χ0v) is 55.6. The number of Topliss-reactive ketones (excluding diaryl/α,β-unsaturated/α-hetero) is 2. The average molecular weight is 1210 g/mol. The highest BCUT2D eigenvalue weighted by Crippen LogP contribution is 2.46. The lowest BCUT2D eigenvalue weighted by atomic mass is 9.92. The molecule has 0 fully saturated rings. The van der Waals surface area contributed by atoms with Gasteiger partial charge < -0.3 is 28.8 Å². The van der Waals surface area contributed by atoms with Gasteiger partial charge in [-0.05, 0) is 50.3 Å². The summed E-state index contributed by atoms with van der Waals surface area (Å²) in [6.45, 7) is 11.0. The number of ketones is 2. The lowest BCUT2D eigenvalue weighted by Gasteiger charge is -2.21. The smallest absolute Gasteiger partial charge is 0.311 e. The zero-order chi connectivity index (χ0) is 63.1. The van der Waals surface area contributed by atoms with Crippen molar-refractivity contribution in [2.75, 3.05) is 0 Å². The number of phenols is 2.